The number of hydrogen-bond acceptors (Lipinski definition) is 0. The van der Waals surface area contributed by atoms with E-state index in [1.54, 1.807) is 32.1 Å². The maximum absolute atomic E-state index is 1.65. The van der Waals surface area contributed by atoms with Crippen LogP contribution in [0.1, 0.15) is 32.1 Å². The third-order valence-corrected chi connectivity index (χ3v) is 5.72. The molecule has 0 nitrogen and oxygen atoms in total. The van der Waals surface area contributed by atoms with Crippen LogP contribution in [0.2, 0.25) is 0 Å². The molecule has 5 rings (SSSR count). The van der Waals surface area contributed by atoms with Crippen LogP contribution in [0.3, 0.4) is 0 Å². The fourth-order valence-electron chi connectivity index (χ4n) is 4.56. The Balaban J connectivity index is 1.24. The molecular formula is C13H18. The van der Waals surface area contributed by atoms with Gasteiger partial charge in [0, 0.05) is 0 Å². The molecule has 0 saturated heterocycles. The first kappa shape index (κ1) is 6.48. The zero-order valence-electron chi connectivity index (χ0n) is 8.15. The summed E-state index contributed by atoms with van der Waals surface area (Å²) in [5.41, 5.74) is 0. The lowest BCUT2D eigenvalue weighted by atomic mass is 9.95. The Bertz CT molecular complexity index is 264. The van der Waals surface area contributed by atoms with Crippen LogP contribution in [0.25, 0.3) is 0 Å². The van der Waals surface area contributed by atoms with Gasteiger partial charge in [0.2, 0.25) is 0 Å². The Labute approximate surface area is 80.1 Å². The van der Waals surface area contributed by atoms with Crippen molar-refractivity contribution in [1.29, 1.82) is 0 Å². The van der Waals surface area contributed by atoms with E-state index in [0.29, 0.717) is 0 Å². The van der Waals surface area contributed by atoms with E-state index in [2.05, 4.69) is 0 Å². The van der Waals surface area contributed by atoms with Crippen LogP contribution < -0.4 is 0 Å². The lowest BCUT2D eigenvalue weighted by Crippen LogP contribution is -2.05. The molecule has 0 aliphatic heterocycles. The van der Waals surface area contributed by atoms with Gasteiger partial charge in [-0.2, -0.15) is 0 Å². The van der Waals surface area contributed by atoms with Gasteiger partial charge in [-0.25, -0.2) is 0 Å². The topological polar surface area (TPSA) is 0 Å². The first-order chi connectivity index (χ1) is 6.45. The van der Waals surface area contributed by atoms with E-state index in [9.17, 15) is 0 Å². The molecule has 0 spiro atoms. The normalized spacial score (nSPS) is 67.4. The van der Waals surface area contributed by atoms with E-state index in [0.717, 1.165) is 0 Å². The molecule has 5 aliphatic rings. The van der Waals surface area contributed by atoms with Crippen molar-refractivity contribution in [3.05, 3.63) is 0 Å². The van der Waals surface area contributed by atoms with E-state index >= 15 is 0 Å². The molecule has 0 radical (unpaired) electrons. The van der Waals surface area contributed by atoms with Gasteiger partial charge in [0.1, 0.15) is 0 Å². The van der Waals surface area contributed by atoms with Crippen LogP contribution in [-0.4, -0.2) is 0 Å². The molecular weight excluding hydrogens is 156 g/mol. The lowest BCUT2D eigenvalue weighted by molar-refractivity contribution is 0.377. The molecule has 5 fully saturated rings. The number of hydrogen-bond donors (Lipinski definition) is 0. The molecule has 5 aliphatic carbocycles. The van der Waals surface area contributed by atoms with Crippen LogP contribution in [0.5, 0.6) is 0 Å². The van der Waals surface area contributed by atoms with Gasteiger partial charge in [-0.3, -0.25) is 0 Å². The average molecular weight is 174 g/mol. The van der Waals surface area contributed by atoms with Gasteiger partial charge in [-0.15, -0.1) is 0 Å². The molecule has 4 unspecified atom stereocenters. The lowest BCUT2D eigenvalue weighted by Gasteiger charge is -2.09. The maximum atomic E-state index is 1.65. The van der Waals surface area contributed by atoms with Crippen molar-refractivity contribution in [2.75, 3.05) is 0 Å². The first-order valence-electron chi connectivity index (χ1n) is 6.45. The fraction of sp³-hybridized carbons (Fsp3) is 1.00. The van der Waals surface area contributed by atoms with Crippen LogP contribution in [0.15, 0.2) is 0 Å². The average Bonchev–Trinajstić information content (AvgIpc) is 2.77. The molecule has 0 aromatic rings. The molecule has 4 atom stereocenters. The monoisotopic (exact) mass is 174 g/mol. The zero-order chi connectivity index (χ0) is 8.15. The van der Waals surface area contributed by atoms with Crippen molar-refractivity contribution in [1.82, 2.24) is 0 Å². The zero-order valence-corrected chi connectivity index (χ0v) is 8.15. The van der Waals surface area contributed by atoms with Gasteiger partial charge < -0.3 is 0 Å². The van der Waals surface area contributed by atoms with Crippen molar-refractivity contribution < 1.29 is 0 Å². The second-order valence-corrected chi connectivity index (χ2v) is 6.55. The fourth-order valence-corrected chi connectivity index (χ4v) is 4.56. The van der Waals surface area contributed by atoms with Gasteiger partial charge in [-0.1, -0.05) is 0 Å². The Morgan fingerprint density at radius 2 is 1.23 bits per heavy atom. The highest BCUT2D eigenvalue weighted by Crippen LogP contribution is 2.84. The van der Waals surface area contributed by atoms with Crippen molar-refractivity contribution in [2.24, 2.45) is 47.3 Å². The second-order valence-electron chi connectivity index (χ2n) is 6.55. The molecule has 0 aromatic carbocycles. The minimum atomic E-state index is 1.23. The third kappa shape index (κ3) is 0.750. The maximum Gasteiger partial charge on any atom is -0.0312 e. The summed E-state index contributed by atoms with van der Waals surface area (Å²) in [6, 6.07) is 0. The minimum Gasteiger partial charge on any atom is -0.0499 e. The van der Waals surface area contributed by atoms with Crippen molar-refractivity contribution >= 4 is 0 Å². The summed E-state index contributed by atoms with van der Waals surface area (Å²) < 4.78 is 0. The number of fused-ring (bicyclic) bond motifs is 1. The van der Waals surface area contributed by atoms with Gasteiger partial charge in [0.05, 0.1) is 0 Å². The van der Waals surface area contributed by atoms with Crippen LogP contribution >= 0.6 is 0 Å². The smallest absolute Gasteiger partial charge is 0.0312 e. The van der Waals surface area contributed by atoms with E-state index in [1.165, 1.54) is 47.3 Å². The number of rotatable bonds is 3. The molecule has 5 saturated carbocycles. The largest absolute Gasteiger partial charge is 0.0499 e. The van der Waals surface area contributed by atoms with Crippen LogP contribution in [0, 0.1) is 47.3 Å². The molecule has 13 heavy (non-hydrogen) atoms. The van der Waals surface area contributed by atoms with Gasteiger partial charge >= 0.3 is 0 Å². The molecule has 0 N–H and O–H groups in total. The van der Waals surface area contributed by atoms with Crippen molar-refractivity contribution in [2.45, 2.75) is 32.1 Å². The summed E-state index contributed by atoms with van der Waals surface area (Å²) in [7, 11) is 0. The molecule has 0 aromatic heterocycles. The summed E-state index contributed by atoms with van der Waals surface area (Å²) in [5, 5.41) is 0. The van der Waals surface area contributed by atoms with Crippen molar-refractivity contribution in [3.63, 3.8) is 0 Å². The molecule has 0 bridgehead atoms. The third-order valence-electron chi connectivity index (χ3n) is 5.72. The summed E-state index contributed by atoms with van der Waals surface area (Å²) in [6.07, 6.45) is 8.03. The highest BCUT2D eigenvalue weighted by Gasteiger charge is 2.79. The van der Waals surface area contributed by atoms with Crippen LogP contribution in [0.4, 0.5) is 0 Å². The van der Waals surface area contributed by atoms with Gasteiger partial charge in [-0.05, 0) is 79.4 Å². The summed E-state index contributed by atoms with van der Waals surface area (Å²) in [6.45, 7) is 0. The van der Waals surface area contributed by atoms with Gasteiger partial charge in [0.25, 0.3) is 0 Å². The van der Waals surface area contributed by atoms with E-state index in [-0.39, 0.29) is 0 Å². The predicted octanol–water partition coefficient (Wildman–Crippen LogP) is 2.93. The Kier molecular flexibility index (Phi) is 0.860. The SMILES string of the molecule is C1CC1C1CC1C1C2C(C3CC3)C12. The highest BCUT2D eigenvalue weighted by atomic mass is 14.8. The minimum absolute atomic E-state index is 1.23. The quantitative estimate of drug-likeness (QED) is 0.617. The summed E-state index contributed by atoms with van der Waals surface area (Å²) in [5.74, 6) is 10.1. The molecule has 0 heteroatoms. The second kappa shape index (κ2) is 1.73. The Hall–Kier alpha value is 0. The van der Waals surface area contributed by atoms with Crippen molar-refractivity contribution in [3.8, 4) is 0 Å². The molecule has 0 amide bonds. The Morgan fingerprint density at radius 1 is 0.538 bits per heavy atom. The highest BCUT2D eigenvalue weighted by molar-refractivity contribution is 5.27. The van der Waals surface area contributed by atoms with Gasteiger partial charge in [0.15, 0.2) is 0 Å². The van der Waals surface area contributed by atoms with E-state index < -0.39 is 0 Å². The summed E-state index contributed by atoms with van der Waals surface area (Å²) >= 11 is 0. The van der Waals surface area contributed by atoms with E-state index in [1.807, 2.05) is 0 Å². The Morgan fingerprint density at radius 3 is 1.85 bits per heavy atom. The summed E-state index contributed by atoms with van der Waals surface area (Å²) in [4.78, 5) is 0. The van der Waals surface area contributed by atoms with E-state index in [4.69, 9.17) is 0 Å². The van der Waals surface area contributed by atoms with Crippen LogP contribution in [-0.2, 0) is 0 Å². The first-order valence-corrected chi connectivity index (χ1v) is 6.45. The predicted molar refractivity (Wildman–Crippen MR) is 51.0 cm³/mol. The molecule has 70 valence electrons. The molecule has 0 heterocycles. The standard InChI is InChI=1S/C13H18/c1-2-6(1)8-5-9(8)11-12-10(13(11)12)7-3-4-7/h6-13H,1-5H2.